The third-order valence-corrected chi connectivity index (χ3v) is 6.63. The van der Waals surface area contributed by atoms with Gasteiger partial charge < -0.3 is 4.74 Å². The summed E-state index contributed by atoms with van der Waals surface area (Å²) < 4.78 is 33.4. The van der Waals surface area contributed by atoms with Crippen LogP contribution in [0.25, 0.3) is 22.2 Å². The zero-order valence-corrected chi connectivity index (χ0v) is 17.5. The molecule has 3 aromatic heterocycles. The van der Waals surface area contributed by atoms with Gasteiger partial charge >= 0.3 is 0 Å². The molecule has 148 valence electrons. The van der Waals surface area contributed by atoms with Gasteiger partial charge in [0.05, 0.1) is 29.4 Å². The lowest BCUT2D eigenvalue weighted by Crippen LogP contribution is -2.12. The van der Waals surface area contributed by atoms with E-state index in [9.17, 15) is 8.42 Å². The Morgan fingerprint density at radius 3 is 2.31 bits per heavy atom. The van der Waals surface area contributed by atoms with Crippen molar-refractivity contribution in [2.45, 2.75) is 25.7 Å². The van der Waals surface area contributed by atoms with Gasteiger partial charge in [0.15, 0.2) is 0 Å². The Morgan fingerprint density at radius 1 is 0.966 bits per heavy atom. The van der Waals surface area contributed by atoms with Crippen LogP contribution in [0.5, 0.6) is 5.75 Å². The number of hydrogen-bond donors (Lipinski definition) is 0. The molecule has 0 fully saturated rings. The molecule has 0 saturated heterocycles. The van der Waals surface area contributed by atoms with E-state index in [2.05, 4.69) is 9.97 Å². The van der Waals surface area contributed by atoms with E-state index in [1.165, 1.54) is 3.97 Å². The summed E-state index contributed by atoms with van der Waals surface area (Å²) in [6.07, 6.45) is 6.62. The molecular weight excluding hydrogens is 386 g/mol. The first-order valence-corrected chi connectivity index (χ1v) is 10.6. The fraction of sp³-hybridized carbons (Fsp3) is 0.182. The maximum atomic E-state index is 13.4. The minimum Gasteiger partial charge on any atom is -0.496 e. The normalized spacial score (nSPS) is 11.7. The van der Waals surface area contributed by atoms with Gasteiger partial charge in [-0.1, -0.05) is 6.07 Å². The highest BCUT2D eigenvalue weighted by atomic mass is 32.2. The number of rotatable bonds is 4. The predicted octanol–water partition coefficient (Wildman–Crippen LogP) is 4.27. The second-order valence-corrected chi connectivity index (χ2v) is 8.86. The van der Waals surface area contributed by atoms with E-state index >= 15 is 0 Å². The average Bonchev–Trinajstić information content (AvgIpc) is 3.13. The molecule has 0 bridgehead atoms. The van der Waals surface area contributed by atoms with Crippen LogP contribution in [0.2, 0.25) is 0 Å². The Morgan fingerprint density at radius 2 is 1.69 bits per heavy atom. The summed E-state index contributed by atoms with van der Waals surface area (Å²) >= 11 is 0. The van der Waals surface area contributed by atoms with Crippen LogP contribution in [0.15, 0.2) is 60.0 Å². The molecule has 0 atom stereocenters. The van der Waals surface area contributed by atoms with Crippen LogP contribution in [0.3, 0.4) is 0 Å². The average molecular weight is 407 g/mol. The van der Waals surface area contributed by atoms with Gasteiger partial charge in [0, 0.05) is 29.5 Å². The molecule has 0 N–H and O–H groups in total. The Kier molecular flexibility index (Phi) is 4.62. The van der Waals surface area contributed by atoms with Gasteiger partial charge in [-0.15, -0.1) is 0 Å². The second-order valence-electron chi connectivity index (χ2n) is 7.05. The summed E-state index contributed by atoms with van der Waals surface area (Å²) in [5.74, 6) is 0.690. The van der Waals surface area contributed by atoms with Crippen molar-refractivity contribution >= 4 is 20.9 Å². The fourth-order valence-corrected chi connectivity index (χ4v) is 5.07. The van der Waals surface area contributed by atoms with Crippen LogP contribution in [0.1, 0.15) is 16.7 Å². The van der Waals surface area contributed by atoms with Crippen molar-refractivity contribution in [1.29, 1.82) is 0 Å². The molecule has 0 aliphatic carbocycles. The van der Waals surface area contributed by atoms with Crippen LogP contribution < -0.4 is 4.74 Å². The Labute approximate surface area is 169 Å². The number of ether oxygens (including phenoxy) is 1. The lowest BCUT2D eigenvalue weighted by molar-refractivity contribution is 0.408. The van der Waals surface area contributed by atoms with Gasteiger partial charge in [-0.2, -0.15) is 0 Å². The van der Waals surface area contributed by atoms with Gasteiger partial charge in [-0.3, -0.25) is 9.97 Å². The number of aryl methyl sites for hydroxylation is 3. The molecule has 0 aliphatic heterocycles. The maximum absolute atomic E-state index is 13.4. The van der Waals surface area contributed by atoms with E-state index in [1.54, 1.807) is 50.1 Å². The summed E-state index contributed by atoms with van der Waals surface area (Å²) in [4.78, 5) is 8.94. The van der Waals surface area contributed by atoms with Gasteiger partial charge in [-0.05, 0) is 61.7 Å². The van der Waals surface area contributed by atoms with Crippen LogP contribution in [-0.4, -0.2) is 29.5 Å². The lowest BCUT2D eigenvalue weighted by atomic mass is 10.1. The van der Waals surface area contributed by atoms with Gasteiger partial charge in [0.1, 0.15) is 5.75 Å². The molecule has 6 nitrogen and oxygen atoms in total. The van der Waals surface area contributed by atoms with E-state index < -0.39 is 10.0 Å². The lowest BCUT2D eigenvalue weighted by Gasteiger charge is -2.13. The van der Waals surface area contributed by atoms with Crippen LogP contribution in [0, 0.1) is 20.8 Å². The highest BCUT2D eigenvalue weighted by molar-refractivity contribution is 7.90. The first-order valence-electron chi connectivity index (χ1n) is 9.12. The first kappa shape index (κ1) is 19.1. The third-order valence-electron chi connectivity index (χ3n) is 4.96. The summed E-state index contributed by atoms with van der Waals surface area (Å²) in [6, 6.07) is 8.93. The summed E-state index contributed by atoms with van der Waals surface area (Å²) in [7, 11) is -2.22. The third kappa shape index (κ3) is 3.17. The van der Waals surface area contributed by atoms with Gasteiger partial charge in [0.2, 0.25) is 0 Å². The molecule has 1 aromatic carbocycles. The monoisotopic (exact) mass is 407 g/mol. The quantitative estimate of drug-likeness (QED) is 0.505. The van der Waals surface area contributed by atoms with Crippen molar-refractivity contribution in [1.82, 2.24) is 13.9 Å². The Balaban J connectivity index is 1.89. The molecule has 0 saturated carbocycles. The Hall–Kier alpha value is -3.19. The fourth-order valence-electron chi connectivity index (χ4n) is 3.57. The number of pyridine rings is 2. The second kappa shape index (κ2) is 7.00. The molecular formula is C22H21N3O3S. The molecule has 0 amide bonds. The molecule has 0 aliphatic rings. The minimum absolute atomic E-state index is 0.213. The van der Waals surface area contributed by atoms with Crippen LogP contribution in [0.4, 0.5) is 0 Å². The molecule has 3 heterocycles. The minimum atomic E-state index is -3.80. The number of nitrogens with zero attached hydrogens (tertiary/aromatic N) is 3. The number of methoxy groups -OCH3 is 1. The molecule has 0 unspecified atom stereocenters. The zero-order chi connectivity index (χ0) is 20.8. The van der Waals surface area contributed by atoms with Crippen molar-refractivity contribution in [2.75, 3.05) is 7.11 Å². The molecule has 0 spiro atoms. The zero-order valence-electron chi connectivity index (χ0n) is 16.7. The topological polar surface area (TPSA) is 74.1 Å². The van der Waals surface area contributed by atoms with Crippen molar-refractivity contribution in [2.24, 2.45) is 0 Å². The predicted molar refractivity (Wildman–Crippen MR) is 113 cm³/mol. The molecule has 0 radical (unpaired) electrons. The molecule has 29 heavy (non-hydrogen) atoms. The van der Waals surface area contributed by atoms with E-state index in [1.807, 2.05) is 32.9 Å². The van der Waals surface area contributed by atoms with E-state index in [0.29, 0.717) is 11.3 Å². The number of aromatic nitrogens is 3. The summed E-state index contributed by atoms with van der Waals surface area (Å²) in [5.41, 5.74) is 4.64. The highest BCUT2D eigenvalue weighted by Crippen LogP contribution is 2.32. The van der Waals surface area contributed by atoms with Crippen molar-refractivity contribution < 1.29 is 13.2 Å². The smallest absolute Gasteiger partial charge is 0.268 e. The summed E-state index contributed by atoms with van der Waals surface area (Å²) in [6.45, 7) is 5.64. The number of fused-ring (bicyclic) bond motifs is 1. The first-order chi connectivity index (χ1) is 13.8. The molecule has 4 rings (SSSR count). The van der Waals surface area contributed by atoms with E-state index in [4.69, 9.17) is 4.74 Å². The van der Waals surface area contributed by atoms with Crippen LogP contribution >= 0.6 is 0 Å². The Bertz CT molecular complexity index is 1300. The van der Waals surface area contributed by atoms with Crippen LogP contribution in [-0.2, 0) is 10.0 Å². The highest BCUT2D eigenvalue weighted by Gasteiger charge is 2.22. The maximum Gasteiger partial charge on any atom is 0.268 e. The number of benzene rings is 1. The van der Waals surface area contributed by atoms with E-state index in [0.717, 1.165) is 33.3 Å². The standard InChI is InChI=1S/C22H21N3O3S/c1-14-5-6-20(24-11-14)19-12-23-13-21-18(19)7-8-25(21)29(26,27)17-9-15(2)22(28-4)16(3)10-17/h5-13H,1-4H3. The van der Waals surface area contributed by atoms with Gasteiger partial charge in [0.25, 0.3) is 10.0 Å². The van der Waals surface area contributed by atoms with Gasteiger partial charge in [-0.25, -0.2) is 12.4 Å². The number of hydrogen-bond acceptors (Lipinski definition) is 5. The largest absolute Gasteiger partial charge is 0.496 e. The SMILES string of the molecule is COc1c(C)cc(S(=O)(=O)n2ccc3c(-c4ccc(C)cn4)cncc32)cc1C. The van der Waals surface area contributed by atoms with Crippen molar-refractivity contribution in [3.63, 3.8) is 0 Å². The molecule has 7 heteroatoms. The molecule has 4 aromatic rings. The van der Waals surface area contributed by atoms with E-state index in [-0.39, 0.29) is 4.90 Å². The van der Waals surface area contributed by atoms with Crippen molar-refractivity contribution in [3.8, 4) is 17.0 Å². The summed E-state index contributed by atoms with van der Waals surface area (Å²) in [5, 5.41) is 0.780. The van der Waals surface area contributed by atoms with Crippen molar-refractivity contribution in [3.05, 3.63) is 71.8 Å².